The minimum absolute atomic E-state index is 0. The van der Waals surface area contributed by atoms with Crippen molar-refractivity contribution in [1.29, 1.82) is 0 Å². The van der Waals surface area contributed by atoms with Gasteiger partial charge in [-0.05, 0) is 31.2 Å². The molecular weight excluding hydrogens is 370 g/mol. The smallest absolute Gasteiger partial charge is 0.336 e. The summed E-state index contributed by atoms with van der Waals surface area (Å²) in [6.45, 7) is 0.0875. The molecule has 0 bridgehead atoms. The van der Waals surface area contributed by atoms with Gasteiger partial charge in [-0.2, -0.15) is 13.2 Å². The molecule has 0 aromatic heterocycles. The highest BCUT2D eigenvalue weighted by molar-refractivity contribution is 6.31. The maximum atomic E-state index is 12.7. The first-order valence-corrected chi connectivity index (χ1v) is 7.13. The van der Waals surface area contributed by atoms with Gasteiger partial charge in [0.05, 0.1) is 17.1 Å². The zero-order valence-corrected chi connectivity index (χ0v) is 14.4. The van der Waals surface area contributed by atoms with Gasteiger partial charge < -0.3 is 16.0 Å². The standard InChI is InChI=1S/C14H17ClF3N3O2.ClH/c1-21(13(23)3-2-6-19)8-12(22)20-9-4-5-11(15)10(7-9)14(16,17)18;/h4-5,7H,2-3,6,8,19H2,1H3,(H,20,22);1H. The fourth-order valence-electron chi connectivity index (χ4n) is 1.77. The number of alkyl halides is 3. The molecule has 136 valence electrons. The number of nitrogens with zero attached hydrogens (tertiary/aromatic N) is 1. The third-order valence-corrected chi connectivity index (χ3v) is 3.29. The quantitative estimate of drug-likeness (QED) is 0.787. The van der Waals surface area contributed by atoms with Gasteiger partial charge in [0.2, 0.25) is 11.8 Å². The summed E-state index contributed by atoms with van der Waals surface area (Å²) >= 11 is 5.50. The van der Waals surface area contributed by atoms with Crippen LogP contribution in [0.25, 0.3) is 0 Å². The van der Waals surface area contributed by atoms with E-state index in [9.17, 15) is 22.8 Å². The van der Waals surface area contributed by atoms with Crippen molar-refractivity contribution in [2.24, 2.45) is 5.73 Å². The van der Waals surface area contributed by atoms with Crippen LogP contribution < -0.4 is 11.1 Å². The van der Waals surface area contributed by atoms with Crippen LogP contribution in [0.1, 0.15) is 18.4 Å². The number of benzene rings is 1. The monoisotopic (exact) mass is 387 g/mol. The van der Waals surface area contributed by atoms with Gasteiger partial charge >= 0.3 is 6.18 Å². The van der Waals surface area contributed by atoms with Gasteiger partial charge in [0.1, 0.15) is 0 Å². The summed E-state index contributed by atoms with van der Waals surface area (Å²) in [4.78, 5) is 24.6. The number of amides is 2. The second-order valence-electron chi connectivity index (χ2n) is 4.88. The molecule has 0 aliphatic carbocycles. The Morgan fingerprint density at radius 1 is 1.33 bits per heavy atom. The third-order valence-electron chi connectivity index (χ3n) is 2.96. The lowest BCUT2D eigenvalue weighted by Gasteiger charge is -2.17. The Hall–Kier alpha value is -1.51. The van der Waals surface area contributed by atoms with Crippen LogP contribution in [0.3, 0.4) is 0 Å². The minimum Gasteiger partial charge on any atom is -0.336 e. The van der Waals surface area contributed by atoms with Gasteiger partial charge in [0, 0.05) is 19.2 Å². The van der Waals surface area contributed by atoms with Gasteiger partial charge in [-0.25, -0.2) is 0 Å². The van der Waals surface area contributed by atoms with Crippen LogP contribution in [0, 0.1) is 0 Å². The molecule has 0 aliphatic rings. The van der Waals surface area contributed by atoms with E-state index in [2.05, 4.69) is 5.32 Å². The number of carbonyl (C=O) groups excluding carboxylic acids is 2. The summed E-state index contributed by atoms with van der Waals surface area (Å²) in [5, 5.41) is 1.85. The number of hydrogen-bond acceptors (Lipinski definition) is 3. The Morgan fingerprint density at radius 2 is 1.96 bits per heavy atom. The number of anilines is 1. The van der Waals surface area contributed by atoms with E-state index in [1.807, 2.05) is 0 Å². The summed E-state index contributed by atoms with van der Waals surface area (Å²) in [7, 11) is 1.43. The lowest BCUT2D eigenvalue weighted by Crippen LogP contribution is -2.35. The Morgan fingerprint density at radius 3 is 2.50 bits per heavy atom. The first-order valence-electron chi connectivity index (χ1n) is 6.75. The number of nitrogens with one attached hydrogen (secondary N) is 1. The predicted octanol–water partition coefficient (Wildman–Crippen LogP) is 2.92. The van der Waals surface area contributed by atoms with E-state index in [-0.39, 0.29) is 37.0 Å². The zero-order chi connectivity index (χ0) is 17.6. The summed E-state index contributed by atoms with van der Waals surface area (Å²) in [6, 6.07) is 3.05. The molecule has 2 amide bonds. The molecule has 3 N–H and O–H groups in total. The molecule has 0 aliphatic heterocycles. The van der Waals surface area contributed by atoms with Crippen molar-refractivity contribution in [3.8, 4) is 0 Å². The van der Waals surface area contributed by atoms with Gasteiger partial charge in [-0.1, -0.05) is 11.6 Å². The Bertz CT molecular complexity index is 583. The molecule has 0 fully saturated rings. The highest BCUT2D eigenvalue weighted by Gasteiger charge is 2.33. The molecule has 24 heavy (non-hydrogen) atoms. The average Bonchev–Trinajstić information content (AvgIpc) is 2.45. The van der Waals surface area contributed by atoms with Crippen LogP contribution in [-0.4, -0.2) is 36.9 Å². The maximum Gasteiger partial charge on any atom is 0.417 e. The van der Waals surface area contributed by atoms with Crippen LogP contribution in [0.5, 0.6) is 0 Å². The van der Waals surface area contributed by atoms with E-state index in [1.54, 1.807) is 0 Å². The average molecular weight is 388 g/mol. The van der Waals surface area contributed by atoms with E-state index < -0.39 is 22.7 Å². The van der Waals surface area contributed by atoms with Crippen LogP contribution in [0.4, 0.5) is 18.9 Å². The molecule has 0 heterocycles. The van der Waals surface area contributed by atoms with Crippen LogP contribution in [-0.2, 0) is 15.8 Å². The normalized spacial score (nSPS) is 10.8. The highest BCUT2D eigenvalue weighted by atomic mass is 35.5. The molecule has 0 saturated carbocycles. The first-order chi connectivity index (χ1) is 10.6. The molecule has 1 aromatic rings. The zero-order valence-electron chi connectivity index (χ0n) is 12.8. The van der Waals surface area contributed by atoms with Crippen LogP contribution >= 0.6 is 24.0 Å². The molecular formula is C14H18Cl2F3N3O2. The topological polar surface area (TPSA) is 75.4 Å². The van der Waals surface area contributed by atoms with Gasteiger partial charge in [0.25, 0.3) is 0 Å². The lowest BCUT2D eigenvalue weighted by atomic mass is 10.2. The molecule has 0 saturated heterocycles. The SMILES string of the molecule is CN(CC(=O)Nc1ccc(Cl)c(C(F)(F)F)c1)C(=O)CCCN.Cl. The number of likely N-dealkylation sites (N-methyl/N-ethyl adjacent to an activating group) is 1. The minimum atomic E-state index is -4.62. The molecule has 0 radical (unpaired) electrons. The van der Waals surface area contributed by atoms with E-state index in [0.717, 1.165) is 12.1 Å². The van der Waals surface area contributed by atoms with Crippen molar-refractivity contribution in [3.05, 3.63) is 28.8 Å². The predicted molar refractivity (Wildman–Crippen MR) is 88.3 cm³/mol. The van der Waals surface area contributed by atoms with Gasteiger partial charge in [0.15, 0.2) is 0 Å². The molecule has 5 nitrogen and oxygen atoms in total. The second-order valence-corrected chi connectivity index (χ2v) is 5.29. The number of halogens is 5. The number of rotatable bonds is 6. The largest absolute Gasteiger partial charge is 0.417 e. The summed E-state index contributed by atoms with van der Waals surface area (Å²) < 4.78 is 38.2. The molecule has 0 unspecified atom stereocenters. The van der Waals surface area contributed by atoms with E-state index in [1.165, 1.54) is 18.0 Å². The van der Waals surface area contributed by atoms with Crippen LogP contribution in [0.15, 0.2) is 18.2 Å². The van der Waals surface area contributed by atoms with Crippen molar-refractivity contribution in [2.75, 3.05) is 25.5 Å². The van der Waals surface area contributed by atoms with Crippen molar-refractivity contribution < 1.29 is 22.8 Å². The van der Waals surface area contributed by atoms with Gasteiger partial charge in [-0.15, -0.1) is 12.4 Å². The lowest BCUT2D eigenvalue weighted by molar-refractivity contribution is -0.137. The van der Waals surface area contributed by atoms with Crippen molar-refractivity contribution >= 4 is 41.5 Å². The Labute approximate surface area is 148 Å². The fourth-order valence-corrected chi connectivity index (χ4v) is 1.99. The summed E-state index contributed by atoms with van der Waals surface area (Å²) in [5.41, 5.74) is 4.20. The summed E-state index contributed by atoms with van der Waals surface area (Å²) in [5.74, 6) is -0.873. The molecule has 10 heteroatoms. The second kappa shape index (κ2) is 9.71. The van der Waals surface area contributed by atoms with Crippen molar-refractivity contribution in [1.82, 2.24) is 4.90 Å². The first kappa shape index (κ1) is 22.5. The van der Waals surface area contributed by atoms with Crippen LogP contribution in [0.2, 0.25) is 5.02 Å². The van der Waals surface area contributed by atoms with Crippen molar-refractivity contribution in [2.45, 2.75) is 19.0 Å². The van der Waals surface area contributed by atoms with Gasteiger partial charge in [-0.3, -0.25) is 9.59 Å². The number of hydrogen-bond donors (Lipinski definition) is 2. The van der Waals surface area contributed by atoms with E-state index in [4.69, 9.17) is 17.3 Å². The van der Waals surface area contributed by atoms with E-state index >= 15 is 0 Å². The summed E-state index contributed by atoms with van der Waals surface area (Å²) in [6.07, 6.45) is -3.91. The van der Waals surface area contributed by atoms with Crippen molar-refractivity contribution in [3.63, 3.8) is 0 Å². The fraction of sp³-hybridized carbons (Fsp3) is 0.429. The Kier molecular flexibility index (Phi) is 9.09. The molecule has 1 rings (SSSR count). The molecule has 0 atom stereocenters. The van der Waals surface area contributed by atoms with E-state index in [0.29, 0.717) is 13.0 Å². The number of carbonyl (C=O) groups is 2. The number of nitrogens with two attached hydrogens (primary N) is 1. The third kappa shape index (κ3) is 6.94. The molecule has 0 spiro atoms. The Balaban J connectivity index is 0.00000529. The maximum absolute atomic E-state index is 12.7. The molecule has 1 aromatic carbocycles. The highest BCUT2D eigenvalue weighted by Crippen LogP contribution is 2.36.